The van der Waals surface area contributed by atoms with Crippen LogP contribution in [0.2, 0.25) is 0 Å². The average Bonchev–Trinajstić information content (AvgIpc) is 2.45. The number of nitrogens with one attached hydrogen (secondary N) is 1. The van der Waals surface area contributed by atoms with Crippen molar-refractivity contribution >= 4 is 0 Å². The van der Waals surface area contributed by atoms with Crippen LogP contribution in [0.1, 0.15) is 56.1 Å². The molecule has 0 aliphatic heterocycles. The smallest absolute Gasteiger partial charge is 0.157 e. The number of fused-ring (bicyclic) bond motifs is 1. The molecule has 0 aromatic carbocycles. The minimum Gasteiger partial charge on any atom is -0.371 e. The Labute approximate surface area is 122 Å². The lowest BCUT2D eigenvalue weighted by molar-refractivity contribution is 0.0696. The molecule has 20 heavy (non-hydrogen) atoms. The van der Waals surface area contributed by atoms with Gasteiger partial charge in [-0.3, -0.25) is 0 Å². The van der Waals surface area contributed by atoms with Crippen LogP contribution in [-0.2, 0) is 17.6 Å². The van der Waals surface area contributed by atoms with Gasteiger partial charge in [0, 0.05) is 18.0 Å². The van der Waals surface area contributed by atoms with Gasteiger partial charge in [-0.2, -0.15) is 0 Å². The Morgan fingerprint density at radius 3 is 2.85 bits per heavy atom. The van der Waals surface area contributed by atoms with Gasteiger partial charge in [-0.1, -0.05) is 6.92 Å². The summed E-state index contributed by atoms with van der Waals surface area (Å²) in [5.41, 5.74) is 3.75. The Morgan fingerprint density at radius 1 is 1.35 bits per heavy atom. The van der Waals surface area contributed by atoms with Gasteiger partial charge < -0.3 is 10.1 Å². The summed E-state index contributed by atoms with van der Waals surface area (Å²) in [7, 11) is 0. The minimum absolute atomic E-state index is 0.0107. The van der Waals surface area contributed by atoms with Crippen molar-refractivity contribution in [2.45, 2.75) is 53.1 Å². The largest absolute Gasteiger partial charge is 0.371 e. The van der Waals surface area contributed by atoms with Gasteiger partial charge in [0.1, 0.15) is 6.10 Å². The summed E-state index contributed by atoms with van der Waals surface area (Å²) in [6.07, 6.45) is 3.39. The van der Waals surface area contributed by atoms with Crippen LogP contribution in [0.5, 0.6) is 0 Å². The number of hydrogen-bond acceptors (Lipinski definition) is 4. The van der Waals surface area contributed by atoms with Gasteiger partial charge >= 0.3 is 0 Å². The zero-order chi connectivity index (χ0) is 14.5. The normalized spacial score (nSPS) is 19.7. The SMILES string of the molecule is CCNCC1CCc2nc(C(C)OCC)nc(C)c2C1. The molecule has 1 aromatic rings. The third-order valence-electron chi connectivity index (χ3n) is 4.06. The van der Waals surface area contributed by atoms with E-state index in [4.69, 9.17) is 9.72 Å². The first-order valence-corrected chi connectivity index (χ1v) is 7.84. The van der Waals surface area contributed by atoms with E-state index < -0.39 is 0 Å². The number of nitrogens with zero attached hydrogens (tertiary/aromatic N) is 2. The third kappa shape index (κ3) is 3.55. The van der Waals surface area contributed by atoms with E-state index in [1.54, 1.807) is 0 Å². The maximum atomic E-state index is 5.61. The van der Waals surface area contributed by atoms with E-state index in [2.05, 4.69) is 24.1 Å². The zero-order valence-electron chi connectivity index (χ0n) is 13.2. The Bertz CT molecular complexity index is 448. The number of ether oxygens (including phenoxy) is 1. The second-order valence-electron chi connectivity index (χ2n) is 5.61. The van der Waals surface area contributed by atoms with Crippen molar-refractivity contribution in [2.75, 3.05) is 19.7 Å². The van der Waals surface area contributed by atoms with Gasteiger partial charge in [0.25, 0.3) is 0 Å². The quantitative estimate of drug-likeness (QED) is 0.868. The Morgan fingerprint density at radius 2 is 2.15 bits per heavy atom. The number of hydrogen-bond donors (Lipinski definition) is 1. The topological polar surface area (TPSA) is 47.0 Å². The standard InChI is InChI=1S/C16H27N3O/c1-5-17-10-13-7-8-15-14(9-13)11(3)18-16(19-15)12(4)20-6-2/h12-13,17H,5-10H2,1-4H3. The lowest BCUT2D eigenvalue weighted by atomic mass is 9.85. The van der Waals surface area contributed by atoms with Crippen molar-refractivity contribution in [3.63, 3.8) is 0 Å². The fourth-order valence-electron chi connectivity index (χ4n) is 2.91. The molecule has 1 aliphatic carbocycles. The van der Waals surface area contributed by atoms with Gasteiger partial charge in [-0.05, 0) is 64.6 Å². The minimum atomic E-state index is -0.0107. The lowest BCUT2D eigenvalue weighted by Crippen LogP contribution is -2.28. The molecular formula is C16H27N3O. The molecule has 0 spiro atoms. The lowest BCUT2D eigenvalue weighted by Gasteiger charge is -2.26. The van der Waals surface area contributed by atoms with Crippen molar-refractivity contribution in [3.05, 3.63) is 22.8 Å². The molecule has 112 valence electrons. The molecule has 0 saturated heterocycles. The van der Waals surface area contributed by atoms with Crippen molar-refractivity contribution in [2.24, 2.45) is 5.92 Å². The van der Waals surface area contributed by atoms with Crippen LogP contribution in [-0.4, -0.2) is 29.7 Å². The summed E-state index contributed by atoms with van der Waals surface area (Å²) in [4.78, 5) is 9.41. The van der Waals surface area contributed by atoms with Crippen molar-refractivity contribution in [1.82, 2.24) is 15.3 Å². The van der Waals surface area contributed by atoms with Crippen LogP contribution < -0.4 is 5.32 Å². The Kier molecular flexibility index (Phi) is 5.49. The highest BCUT2D eigenvalue weighted by Crippen LogP contribution is 2.27. The van der Waals surface area contributed by atoms with Crippen molar-refractivity contribution < 1.29 is 4.74 Å². The summed E-state index contributed by atoms with van der Waals surface area (Å²) in [5.74, 6) is 1.56. The maximum absolute atomic E-state index is 5.61. The van der Waals surface area contributed by atoms with E-state index in [1.165, 1.54) is 17.7 Å². The van der Waals surface area contributed by atoms with E-state index in [0.717, 1.165) is 43.4 Å². The first-order valence-electron chi connectivity index (χ1n) is 7.84. The van der Waals surface area contributed by atoms with Crippen LogP contribution >= 0.6 is 0 Å². The predicted octanol–water partition coefficient (Wildman–Crippen LogP) is 2.60. The van der Waals surface area contributed by atoms with E-state index >= 15 is 0 Å². The highest BCUT2D eigenvalue weighted by molar-refractivity contribution is 5.28. The maximum Gasteiger partial charge on any atom is 0.157 e. The molecule has 1 N–H and O–H groups in total. The number of aromatic nitrogens is 2. The monoisotopic (exact) mass is 277 g/mol. The molecule has 0 bridgehead atoms. The zero-order valence-corrected chi connectivity index (χ0v) is 13.2. The predicted molar refractivity (Wildman–Crippen MR) is 80.9 cm³/mol. The molecule has 1 aromatic heterocycles. The molecule has 0 radical (unpaired) electrons. The van der Waals surface area contributed by atoms with Crippen LogP contribution in [0.15, 0.2) is 0 Å². The highest BCUT2D eigenvalue weighted by atomic mass is 16.5. The first-order chi connectivity index (χ1) is 9.65. The van der Waals surface area contributed by atoms with Gasteiger partial charge in [0.05, 0.1) is 0 Å². The van der Waals surface area contributed by atoms with Crippen LogP contribution in [0.25, 0.3) is 0 Å². The van der Waals surface area contributed by atoms with E-state index in [-0.39, 0.29) is 6.10 Å². The molecule has 0 fully saturated rings. The Hall–Kier alpha value is -1.00. The van der Waals surface area contributed by atoms with Crippen LogP contribution in [0, 0.1) is 12.8 Å². The second-order valence-corrected chi connectivity index (χ2v) is 5.61. The fourth-order valence-corrected chi connectivity index (χ4v) is 2.91. The second kappa shape index (κ2) is 7.14. The average molecular weight is 277 g/mol. The molecule has 4 heteroatoms. The van der Waals surface area contributed by atoms with Gasteiger partial charge in [0.2, 0.25) is 0 Å². The molecule has 1 heterocycles. The molecule has 1 aliphatic rings. The van der Waals surface area contributed by atoms with Crippen LogP contribution in [0.3, 0.4) is 0 Å². The van der Waals surface area contributed by atoms with Crippen LogP contribution in [0.4, 0.5) is 0 Å². The molecule has 2 atom stereocenters. The summed E-state index contributed by atoms with van der Waals surface area (Å²) in [6, 6.07) is 0. The summed E-state index contributed by atoms with van der Waals surface area (Å²) in [5, 5.41) is 3.45. The molecule has 0 amide bonds. The molecule has 4 nitrogen and oxygen atoms in total. The van der Waals surface area contributed by atoms with E-state index in [9.17, 15) is 0 Å². The van der Waals surface area contributed by atoms with E-state index in [0.29, 0.717) is 6.61 Å². The van der Waals surface area contributed by atoms with Crippen molar-refractivity contribution in [1.29, 1.82) is 0 Å². The highest BCUT2D eigenvalue weighted by Gasteiger charge is 2.23. The molecular weight excluding hydrogens is 250 g/mol. The third-order valence-corrected chi connectivity index (χ3v) is 4.06. The summed E-state index contributed by atoms with van der Waals surface area (Å²) < 4.78 is 5.61. The van der Waals surface area contributed by atoms with E-state index in [1.807, 2.05) is 13.8 Å². The molecule has 0 saturated carbocycles. The number of rotatable bonds is 6. The van der Waals surface area contributed by atoms with Gasteiger partial charge in [-0.25, -0.2) is 9.97 Å². The van der Waals surface area contributed by atoms with Gasteiger partial charge in [0.15, 0.2) is 5.82 Å². The van der Waals surface area contributed by atoms with Gasteiger partial charge in [-0.15, -0.1) is 0 Å². The molecule has 2 rings (SSSR count). The van der Waals surface area contributed by atoms with Crippen molar-refractivity contribution in [3.8, 4) is 0 Å². The summed E-state index contributed by atoms with van der Waals surface area (Å²) in [6.45, 7) is 11.2. The fraction of sp³-hybridized carbons (Fsp3) is 0.750. The Balaban J connectivity index is 2.14. The number of aryl methyl sites for hydroxylation is 2. The molecule has 2 unspecified atom stereocenters. The first kappa shape index (κ1) is 15.4. The summed E-state index contributed by atoms with van der Waals surface area (Å²) >= 11 is 0.